The van der Waals surface area contributed by atoms with E-state index in [0.29, 0.717) is 19.3 Å². The third-order valence-corrected chi connectivity index (χ3v) is 13.7. The van der Waals surface area contributed by atoms with Crippen LogP contribution >= 0.6 is 0 Å². The van der Waals surface area contributed by atoms with Gasteiger partial charge in [0, 0.05) is 19.3 Å². The smallest absolute Gasteiger partial charge is 0.306 e. The fourth-order valence-corrected chi connectivity index (χ4v) is 8.88. The van der Waals surface area contributed by atoms with E-state index in [1.807, 2.05) is 0 Å². The summed E-state index contributed by atoms with van der Waals surface area (Å²) in [7, 11) is 0. The Bertz CT molecular complexity index is 1560. The van der Waals surface area contributed by atoms with Gasteiger partial charge in [-0.25, -0.2) is 0 Å². The van der Waals surface area contributed by atoms with Crippen LogP contribution in [-0.4, -0.2) is 37.2 Å². The number of hydrogen-bond acceptors (Lipinski definition) is 6. The summed E-state index contributed by atoms with van der Waals surface area (Å²) in [5, 5.41) is 0. The summed E-state index contributed by atoms with van der Waals surface area (Å²) in [4.78, 5) is 38.4. The zero-order chi connectivity index (χ0) is 55.7. The Hall–Kier alpha value is -3.93. The highest BCUT2D eigenvalue weighted by Gasteiger charge is 2.19. The number of unbranched alkanes of at least 4 members (excludes halogenated alkanes) is 29. The maximum Gasteiger partial charge on any atom is 0.306 e. The Morgan fingerprint density at radius 1 is 0.273 bits per heavy atom. The van der Waals surface area contributed by atoms with Crippen molar-refractivity contribution in [3.05, 3.63) is 109 Å². The minimum Gasteiger partial charge on any atom is -0.462 e. The molecule has 6 nitrogen and oxygen atoms in total. The molecule has 0 aromatic heterocycles. The fourth-order valence-electron chi connectivity index (χ4n) is 8.88. The summed E-state index contributed by atoms with van der Waals surface area (Å²) in [6.45, 7) is 6.49. The number of ether oxygens (including phenoxy) is 3. The first-order chi connectivity index (χ1) is 38.0. The lowest BCUT2D eigenvalue weighted by Crippen LogP contribution is -2.30. The Balaban J connectivity index is 4.45. The molecule has 0 fully saturated rings. The van der Waals surface area contributed by atoms with Gasteiger partial charge in [0.2, 0.25) is 0 Å². The summed E-state index contributed by atoms with van der Waals surface area (Å²) in [5.74, 6) is -0.918. The quantitative estimate of drug-likeness (QED) is 0.0261. The monoisotopic (exact) mass is 1070 g/mol. The predicted octanol–water partition coefficient (Wildman–Crippen LogP) is 22.2. The van der Waals surface area contributed by atoms with Gasteiger partial charge in [-0.1, -0.05) is 265 Å². The molecule has 0 N–H and O–H groups in total. The highest BCUT2D eigenvalue weighted by molar-refractivity contribution is 5.71. The van der Waals surface area contributed by atoms with Crippen molar-refractivity contribution in [3.8, 4) is 0 Å². The van der Waals surface area contributed by atoms with E-state index in [9.17, 15) is 14.4 Å². The fraction of sp³-hybridized carbons (Fsp3) is 0.704. The van der Waals surface area contributed by atoms with Crippen LogP contribution in [0.2, 0.25) is 0 Å². The van der Waals surface area contributed by atoms with Crippen LogP contribution in [-0.2, 0) is 28.6 Å². The molecule has 0 aromatic carbocycles. The number of esters is 3. The topological polar surface area (TPSA) is 78.9 Å². The molecule has 0 saturated heterocycles. The Labute approximate surface area is 476 Å². The first kappa shape index (κ1) is 73.1. The zero-order valence-electron chi connectivity index (χ0n) is 50.4. The molecule has 0 rings (SSSR count). The maximum atomic E-state index is 12.9. The summed E-state index contributed by atoms with van der Waals surface area (Å²) >= 11 is 0. The number of rotatable bonds is 58. The number of allylic oxidation sites excluding steroid dienone is 18. The van der Waals surface area contributed by atoms with Crippen LogP contribution in [0.1, 0.15) is 303 Å². The number of carbonyl (C=O) groups is 3. The molecule has 0 aliphatic carbocycles. The third kappa shape index (κ3) is 62.8. The lowest BCUT2D eigenvalue weighted by Gasteiger charge is -2.18. The van der Waals surface area contributed by atoms with Gasteiger partial charge in [-0.3, -0.25) is 14.4 Å². The normalized spacial score (nSPS) is 12.8. The Kier molecular flexibility index (Phi) is 61.3. The van der Waals surface area contributed by atoms with Crippen LogP contribution in [0.25, 0.3) is 0 Å². The SMILES string of the molecule is CC/C=C\C/C=C\C/C=C\C/C=C\C/C=C\C/C=C\CCCCCCC(=O)OCC(COC(=O)CCCCCCCCC/C=C\C/C=C\CCCCC)OC(=O)CCCCCCCCCCC/C=C\CCCCCCCC. The van der Waals surface area contributed by atoms with Gasteiger partial charge in [-0.05, 0) is 128 Å². The third-order valence-electron chi connectivity index (χ3n) is 13.7. The van der Waals surface area contributed by atoms with E-state index in [1.165, 1.54) is 141 Å². The van der Waals surface area contributed by atoms with Gasteiger partial charge < -0.3 is 14.2 Å². The van der Waals surface area contributed by atoms with Crippen LogP contribution in [0.4, 0.5) is 0 Å². The molecule has 0 aromatic rings. The first-order valence-electron chi connectivity index (χ1n) is 32.4. The molecule has 0 saturated carbocycles. The molecule has 0 amide bonds. The molecule has 0 radical (unpaired) electrons. The molecule has 0 heterocycles. The standard InChI is InChI=1S/C71H120O6/c1-4-7-10-13-16-19-22-25-28-31-33-34-35-36-38-40-43-46-49-52-55-58-61-64-70(73)76-67-68(66-75-69(72)63-60-57-54-51-48-45-42-39-30-27-24-21-18-15-12-9-6-3)77-71(74)65-62-59-56-53-50-47-44-41-37-32-29-26-23-20-17-14-11-8-5-2/h7,10,16,18-19,21,25-30,33-34,36,38,43,46,68H,4-6,8-9,11-15,17,20,22-24,31-32,35,37,39-42,44-45,47-67H2,1-3H3/b10-7-,19-16-,21-18-,28-25-,29-26-,30-27-,34-33-,38-36-,46-43-. The van der Waals surface area contributed by atoms with E-state index in [1.54, 1.807) is 0 Å². The average Bonchev–Trinajstić information content (AvgIpc) is 3.43. The minimum atomic E-state index is -0.797. The summed E-state index contributed by atoms with van der Waals surface area (Å²) in [6, 6.07) is 0. The second-order valence-corrected chi connectivity index (χ2v) is 21.3. The van der Waals surface area contributed by atoms with Crippen molar-refractivity contribution in [1.82, 2.24) is 0 Å². The molecule has 0 bridgehead atoms. The van der Waals surface area contributed by atoms with Crippen LogP contribution in [0, 0.1) is 0 Å². The second-order valence-electron chi connectivity index (χ2n) is 21.3. The number of carbonyl (C=O) groups excluding carboxylic acids is 3. The number of hydrogen-bond donors (Lipinski definition) is 0. The molecular weight excluding hydrogens is 949 g/mol. The second kappa shape index (κ2) is 64.6. The predicted molar refractivity (Wildman–Crippen MR) is 334 cm³/mol. The highest BCUT2D eigenvalue weighted by Crippen LogP contribution is 2.15. The molecule has 77 heavy (non-hydrogen) atoms. The Morgan fingerprint density at radius 3 is 0.831 bits per heavy atom. The molecule has 1 atom stereocenters. The lowest BCUT2D eigenvalue weighted by molar-refractivity contribution is -0.167. The first-order valence-corrected chi connectivity index (χ1v) is 32.4. The lowest BCUT2D eigenvalue weighted by atomic mass is 10.1. The van der Waals surface area contributed by atoms with Gasteiger partial charge in [0.25, 0.3) is 0 Å². The van der Waals surface area contributed by atoms with Crippen molar-refractivity contribution < 1.29 is 28.6 Å². The van der Waals surface area contributed by atoms with Crippen LogP contribution in [0.3, 0.4) is 0 Å². The minimum absolute atomic E-state index is 0.0916. The Morgan fingerprint density at radius 2 is 0.506 bits per heavy atom. The van der Waals surface area contributed by atoms with E-state index in [0.717, 1.165) is 122 Å². The molecule has 6 heteroatoms. The van der Waals surface area contributed by atoms with Crippen molar-refractivity contribution in [1.29, 1.82) is 0 Å². The average molecular weight is 1070 g/mol. The van der Waals surface area contributed by atoms with Gasteiger partial charge in [0.1, 0.15) is 13.2 Å². The molecule has 0 aliphatic heterocycles. The van der Waals surface area contributed by atoms with E-state index < -0.39 is 6.10 Å². The molecule has 0 aliphatic rings. The van der Waals surface area contributed by atoms with Crippen molar-refractivity contribution in [2.75, 3.05) is 13.2 Å². The van der Waals surface area contributed by atoms with Gasteiger partial charge in [0.05, 0.1) is 0 Å². The van der Waals surface area contributed by atoms with E-state index in [-0.39, 0.29) is 31.1 Å². The van der Waals surface area contributed by atoms with Crippen molar-refractivity contribution in [3.63, 3.8) is 0 Å². The van der Waals surface area contributed by atoms with E-state index in [2.05, 4.69) is 130 Å². The van der Waals surface area contributed by atoms with Crippen LogP contribution < -0.4 is 0 Å². The van der Waals surface area contributed by atoms with Crippen molar-refractivity contribution in [2.45, 2.75) is 309 Å². The van der Waals surface area contributed by atoms with Crippen molar-refractivity contribution in [2.24, 2.45) is 0 Å². The van der Waals surface area contributed by atoms with Crippen molar-refractivity contribution >= 4 is 17.9 Å². The van der Waals surface area contributed by atoms with Crippen LogP contribution in [0.5, 0.6) is 0 Å². The molecule has 1 unspecified atom stereocenters. The van der Waals surface area contributed by atoms with Gasteiger partial charge in [0.15, 0.2) is 6.10 Å². The highest BCUT2D eigenvalue weighted by atomic mass is 16.6. The largest absolute Gasteiger partial charge is 0.462 e. The van der Waals surface area contributed by atoms with Crippen LogP contribution in [0.15, 0.2) is 109 Å². The van der Waals surface area contributed by atoms with Gasteiger partial charge in [-0.15, -0.1) is 0 Å². The van der Waals surface area contributed by atoms with Gasteiger partial charge in [-0.2, -0.15) is 0 Å². The summed E-state index contributed by atoms with van der Waals surface area (Å²) in [5.41, 5.74) is 0. The van der Waals surface area contributed by atoms with E-state index >= 15 is 0 Å². The maximum absolute atomic E-state index is 12.9. The zero-order valence-corrected chi connectivity index (χ0v) is 50.4. The summed E-state index contributed by atoms with van der Waals surface area (Å²) in [6.07, 6.45) is 88.0. The van der Waals surface area contributed by atoms with Gasteiger partial charge >= 0.3 is 17.9 Å². The molecular formula is C71H120O6. The summed E-state index contributed by atoms with van der Waals surface area (Å²) < 4.78 is 16.9. The van der Waals surface area contributed by atoms with E-state index in [4.69, 9.17) is 14.2 Å². The molecule has 0 spiro atoms. The molecule has 440 valence electrons.